The summed E-state index contributed by atoms with van der Waals surface area (Å²) in [5, 5.41) is 16.9. The molecule has 0 spiro atoms. The van der Waals surface area contributed by atoms with E-state index in [-0.39, 0.29) is 21.8 Å². The first kappa shape index (κ1) is 22.9. The second kappa shape index (κ2) is 9.04. The molecule has 0 aliphatic carbocycles. The Morgan fingerprint density at radius 3 is 2.62 bits per heavy atom. The number of aromatic amines is 1. The van der Waals surface area contributed by atoms with Crippen LogP contribution in [0.1, 0.15) is 43.0 Å². The van der Waals surface area contributed by atoms with Gasteiger partial charge in [-0.15, -0.1) is 16.9 Å². The SMILES string of the molecule is CC(C)(C)CN1C(=O)C(Cc2nnn[nH]2)SC(c2cccc3ccccc23)c2cc(Cl)ccc21. The molecule has 2 heterocycles. The minimum Gasteiger partial charge on any atom is -0.311 e. The van der Waals surface area contributed by atoms with Crippen molar-refractivity contribution in [1.29, 1.82) is 0 Å². The van der Waals surface area contributed by atoms with Crippen molar-refractivity contribution in [2.24, 2.45) is 5.41 Å². The van der Waals surface area contributed by atoms with Crippen molar-refractivity contribution in [1.82, 2.24) is 20.6 Å². The van der Waals surface area contributed by atoms with Crippen molar-refractivity contribution in [3.63, 3.8) is 0 Å². The molecule has 0 fully saturated rings. The van der Waals surface area contributed by atoms with E-state index >= 15 is 0 Å². The zero-order chi connectivity index (χ0) is 23.9. The van der Waals surface area contributed by atoms with Gasteiger partial charge in [0.1, 0.15) is 5.82 Å². The number of aromatic nitrogens is 4. The number of benzene rings is 3. The topological polar surface area (TPSA) is 74.8 Å². The lowest BCUT2D eigenvalue weighted by atomic mass is 9.93. The van der Waals surface area contributed by atoms with Gasteiger partial charge in [0.2, 0.25) is 5.91 Å². The van der Waals surface area contributed by atoms with Crippen LogP contribution in [0.3, 0.4) is 0 Å². The molecule has 1 amide bonds. The summed E-state index contributed by atoms with van der Waals surface area (Å²) in [5.41, 5.74) is 3.03. The zero-order valence-electron chi connectivity index (χ0n) is 19.3. The van der Waals surface area contributed by atoms with Gasteiger partial charge in [-0.25, -0.2) is 5.10 Å². The third-order valence-electron chi connectivity index (χ3n) is 5.91. The molecule has 0 bridgehead atoms. The smallest absolute Gasteiger partial charge is 0.240 e. The van der Waals surface area contributed by atoms with E-state index in [1.165, 1.54) is 10.8 Å². The van der Waals surface area contributed by atoms with Crippen LogP contribution < -0.4 is 4.90 Å². The minimum atomic E-state index is -0.368. The van der Waals surface area contributed by atoms with Gasteiger partial charge in [0.05, 0.1) is 10.5 Å². The molecular weight excluding hydrogens is 466 g/mol. The molecule has 1 aromatic heterocycles. The van der Waals surface area contributed by atoms with Crippen molar-refractivity contribution in [2.45, 2.75) is 37.7 Å². The van der Waals surface area contributed by atoms with Gasteiger partial charge in [0, 0.05) is 23.7 Å². The van der Waals surface area contributed by atoms with Gasteiger partial charge < -0.3 is 4.90 Å². The van der Waals surface area contributed by atoms with Crippen molar-refractivity contribution >= 4 is 45.7 Å². The molecule has 174 valence electrons. The summed E-state index contributed by atoms with van der Waals surface area (Å²) in [5.74, 6) is 0.657. The summed E-state index contributed by atoms with van der Waals surface area (Å²) in [7, 11) is 0. The van der Waals surface area contributed by atoms with E-state index in [4.69, 9.17) is 11.6 Å². The maximum absolute atomic E-state index is 14.0. The second-order valence-corrected chi connectivity index (χ2v) is 11.6. The van der Waals surface area contributed by atoms with Gasteiger partial charge in [-0.2, -0.15) is 0 Å². The first-order valence-electron chi connectivity index (χ1n) is 11.3. The van der Waals surface area contributed by atoms with E-state index < -0.39 is 0 Å². The van der Waals surface area contributed by atoms with Crippen LogP contribution in [-0.4, -0.2) is 38.3 Å². The quantitative estimate of drug-likeness (QED) is 0.388. The molecule has 4 aromatic rings. The molecule has 8 heteroatoms. The number of fused-ring (bicyclic) bond motifs is 2. The fourth-order valence-electron chi connectivity index (χ4n) is 4.50. The largest absolute Gasteiger partial charge is 0.311 e. The normalized spacial score (nSPS) is 18.7. The van der Waals surface area contributed by atoms with Crippen LogP contribution in [0.4, 0.5) is 5.69 Å². The number of hydrogen-bond acceptors (Lipinski definition) is 5. The summed E-state index contributed by atoms with van der Waals surface area (Å²) in [6.07, 6.45) is 0.417. The molecule has 0 saturated heterocycles. The van der Waals surface area contributed by atoms with Gasteiger partial charge in [0.25, 0.3) is 0 Å². The molecule has 6 nitrogen and oxygen atoms in total. The Hall–Kier alpha value is -2.90. The number of nitrogens with zero attached hydrogens (tertiary/aromatic N) is 4. The Balaban J connectivity index is 1.71. The lowest BCUT2D eigenvalue weighted by molar-refractivity contribution is -0.118. The third kappa shape index (κ3) is 4.55. The Kier molecular flexibility index (Phi) is 6.08. The zero-order valence-corrected chi connectivity index (χ0v) is 20.9. The van der Waals surface area contributed by atoms with E-state index in [1.807, 2.05) is 29.2 Å². The van der Waals surface area contributed by atoms with Crippen LogP contribution in [0, 0.1) is 5.41 Å². The van der Waals surface area contributed by atoms with Crippen molar-refractivity contribution in [2.75, 3.05) is 11.4 Å². The predicted octanol–water partition coefficient (Wildman–Crippen LogP) is 5.83. The fraction of sp³-hybridized carbons (Fsp3) is 0.308. The third-order valence-corrected chi connectivity index (χ3v) is 7.62. The molecule has 34 heavy (non-hydrogen) atoms. The fourth-order valence-corrected chi connectivity index (χ4v) is 6.20. The monoisotopic (exact) mass is 491 g/mol. The lowest BCUT2D eigenvalue weighted by Gasteiger charge is -2.31. The molecule has 0 radical (unpaired) electrons. The van der Waals surface area contributed by atoms with Crippen molar-refractivity contribution in [3.8, 4) is 0 Å². The molecule has 5 rings (SSSR count). The van der Waals surface area contributed by atoms with Gasteiger partial charge >= 0.3 is 0 Å². The van der Waals surface area contributed by atoms with Gasteiger partial charge in [-0.3, -0.25) is 4.79 Å². The summed E-state index contributed by atoms with van der Waals surface area (Å²) >= 11 is 8.17. The first-order chi connectivity index (χ1) is 16.3. The number of amides is 1. The Bertz CT molecular complexity index is 1330. The number of nitrogens with one attached hydrogen (secondary N) is 1. The summed E-state index contributed by atoms with van der Waals surface area (Å²) in [4.78, 5) is 16.0. The molecule has 0 saturated carbocycles. The number of H-pyrrole nitrogens is 1. The van der Waals surface area contributed by atoms with E-state index in [1.54, 1.807) is 11.8 Å². The average molecular weight is 492 g/mol. The van der Waals surface area contributed by atoms with E-state index in [0.29, 0.717) is 23.8 Å². The number of carbonyl (C=O) groups is 1. The van der Waals surface area contributed by atoms with Crippen molar-refractivity contribution < 1.29 is 4.79 Å². The van der Waals surface area contributed by atoms with Crippen LogP contribution in [0.5, 0.6) is 0 Å². The van der Waals surface area contributed by atoms with E-state index in [2.05, 4.69) is 77.8 Å². The molecule has 3 aromatic carbocycles. The highest BCUT2D eigenvalue weighted by Gasteiger charge is 2.38. The average Bonchev–Trinajstić information content (AvgIpc) is 3.29. The number of hydrogen-bond donors (Lipinski definition) is 1. The van der Waals surface area contributed by atoms with Crippen LogP contribution in [0.2, 0.25) is 5.02 Å². The molecular formula is C26H26ClN5OS. The van der Waals surface area contributed by atoms with Crippen molar-refractivity contribution in [3.05, 3.63) is 82.6 Å². The number of tetrazole rings is 1. The van der Waals surface area contributed by atoms with E-state index in [9.17, 15) is 4.79 Å². The lowest BCUT2D eigenvalue weighted by Crippen LogP contribution is -2.42. The van der Waals surface area contributed by atoms with Crippen LogP contribution in [-0.2, 0) is 11.2 Å². The molecule has 1 N–H and O–H groups in total. The predicted molar refractivity (Wildman–Crippen MR) is 138 cm³/mol. The van der Waals surface area contributed by atoms with E-state index in [0.717, 1.165) is 16.8 Å². The first-order valence-corrected chi connectivity index (χ1v) is 12.6. The number of thioether (sulfide) groups is 1. The maximum Gasteiger partial charge on any atom is 0.240 e. The second-order valence-electron chi connectivity index (χ2n) is 9.81. The molecule has 1 aliphatic rings. The highest BCUT2D eigenvalue weighted by atomic mass is 35.5. The van der Waals surface area contributed by atoms with Crippen LogP contribution >= 0.6 is 23.4 Å². The Labute approximate surface area is 208 Å². The van der Waals surface area contributed by atoms with Crippen LogP contribution in [0.15, 0.2) is 60.7 Å². The number of halogens is 1. The summed E-state index contributed by atoms with van der Waals surface area (Å²) < 4.78 is 0. The number of rotatable bonds is 4. The maximum atomic E-state index is 14.0. The highest BCUT2D eigenvalue weighted by Crippen LogP contribution is 2.49. The molecule has 2 atom stereocenters. The Morgan fingerprint density at radius 2 is 1.85 bits per heavy atom. The minimum absolute atomic E-state index is 0.0580. The standard InChI is InChI=1S/C26H26ClN5OS/c1-26(2,3)15-32-21-12-11-17(27)13-20(21)24(19-10-6-8-16-7-4-5-9-18(16)19)34-22(25(32)33)14-23-28-30-31-29-23/h4-13,22,24H,14-15H2,1-3H3,(H,28,29,30,31). The summed E-state index contributed by atoms with van der Waals surface area (Å²) in [6.45, 7) is 7.02. The highest BCUT2D eigenvalue weighted by molar-refractivity contribution is 8.01. The molecule has 1 aliphatic heterocycles. The summed E-state index contributed by atoms with van der Waals surface area (Å²) in [6, 6.07) is 20.6. The Morgan fingerprint density at radius 1 is 1.06 bits per heavy atom. The van der Waals surface area contributed by atoms with Gasteiger partial charge in [-0.05, 0) is 55.9 Å². The molecule has 2 unspecified atom stereocenters. The number of carbonyl (C=O) groups excluding carboxylic acids is 1. The van der Waals surface area contributed by atoms with Gasteiger partial charge in [0.15, 0.2) is 0 Å². The number of anilines is 1. The van der Waals surface area contributed by atoms with Gasteiger partial charge in [-0.1, -0.05) is 74.8 Å². The van der Waals surface area contributed by atoms with Crippen LogP contribution in [0.25, 0.3) is 10.8 Å².